The Hall–Kier alpha value is -2.82. The van der Waals surface area contributed by atoms with Gasteiger partial charge in [-0.25, -0.2) is 8.42 Å². The van der Waals surface area contributed by atoms with Crippen molar-refractivity contribution in [3.05, 3.63) is 60.2 Å². The maximum Gasteiger partial charge on any atom is 0.306 e. The van der Waals surface area contributed by atoms with E-state index in [4.69, 9.17) is 17.0 Å². The molecule has 0 unspecified atom stereocenters. The normalized spacial score (nSPS) is 11.1. The Balaban J connectivity index is 1.88. The Morgan fingerprint density at radius 1 is 1.03 bits per heavy atom. The second-order valence-electron chi connectivity index (χ2n) is 6.99. The van der Waals surface area contributed by atoms with Crippen LogP contribution >= 0.6 is 12.2 Å². The SMILES string of the molecule is CCCOC(=O)CCC(=O)NC(=S)Nc1ccc(S(=O)(=O)N(C)Cc2ccccc2)cc1. The lowest BCUT2D eigenvalue weighted by Crippen LogP contribution is -2.34. The summed E-state index contributed by atoms with van der Waals surface area (Å²) in [6, 6.07) is 15.4. The number of amides is 1. The summed E-state index contributed by atoms with van der Waals surface area (Å²) in [4.78, 5) is 23.5. The van der Waals surface area contributed by atoms with Crippen molar-refractivity contribution in [2.24, 2.45) is 0 Å². The average molecular weight is 478 g/mol. The van der Waals surface area contributed by atoms with E-state index in [-0.39, 0.29) is 29.4 Å². The van der Waals surface area contributed by atoms with Crippen LogP contribution in [0.5, 0.6) is 0 Å². The topological polar surface area (TPSA) is 105 Å². The fourth-order valence-corrected chi connectivity index (χ4v) is 4.06. The van der Waals surface area contributed by atoms with Crippen molar-refractivity contribution in [1.82, 2.24) is 9.62 Å². The number of hydrogen-bond donors (Lipinski definition) is 2. The minimum absolute atomic E-state index is 0.0303. The molecular formula is C22H27N3O5S2. The third-order valence-corrected chi connectivity index (χ3v) is 6.37. The summed E-state index contributed by atoms with van der Waals surface area (Å²) in [5, 5.41) is 5.34. The molecule has 2 aromatic rings. The van der Waals surface area contributed by atoms with Gasteiger partial charge in [0.05, 0.1) is 17.9 Å². The first-order valence-corrected chi connectivity index (χ1v) is 11.9. The molecule has 0 saturated carbocycles. The quantitative estimate of drug-likeness (QED) is 0.400. The van der Waals surface area contributed by atoms with Gasteiger partial charge in [-0.1, -0.05) is 37.3 Å². The van der Waals surface area contributed by atoms with E-state index in [1.54, 1.807) is 12.1 Å². The molecule has 8 nitrogen and oxygen atoms in total. The van der Waals surface area contributed by atoms with Gasteiger partial charge in [0.15, 0.2) is 5.11 Å². The van der Waals surface area contributed by atoms with Crippen LogP contribution < -0.4 is 10.6 Å². The van der Waals surface area contributed by atoms with Gasteiger partial charge in [0.25, 0.3) is 0 Å². The molecule has 0 radical (unpaired) electrons. The lowest BCUT2D eigenvalue weighted by molar-refractivity contribution is -0.144. The molecule has 2 aromatic carbocycles. The minimum Gasteiger partial charge on any atom is -0.466 e. The summed E-state index contributed by atoms with van der Waals surface area (Å²) in [6.45, 7) is 2.47. The molecule has 2 rings (SSSR count). The summed E-state index contributed by atoms with van der Waals surface area (Å²) in [5.74, 6) is -0.854. The molecule has 0 bridgehead atoms. The van der Waals surface area contributed by atoms with Gasteiger partial charge in [0, 0.05) is 25.7 Å². The van der Waals surface area contributed by atoms with Crippen molar-refractivity contribution in [2.75, 3.05) is 19.0 Å². The highest BCUT2D eigenvalue weighted by Gasteiger charge is 2.21. The van der Waals surface area contributed by atoms with Crippen molar-refractivity contribution in [3.8, 4) is 0 Å². The zero-order valence-electron chi connectivity index (χ0n) is 18.0. The monoisotopic (exact) mass is 477 g/mol. The molecule has 32 heavy (non-hydrogen) atoms. The highest BCUT2D eigenvalue weighted by Crippen LogP contribution is 2.19. The molecule has 0 aliphatic rings. The number of anilines is 1. The van der Waals surface area contributed by atoms with Crippen LogP contribution in [0.25, 0.3) is 0 Å². The summed E-state index contributed by atoms with van der Waals surface area (Å²) < 4.78 is 31.8. The highest BCUT2D eigenvalue weighted by atomic mass is 32.2. The maximum absolute atomic E-state index is 12.8. The first-order valence-electron chi connectivity index (χ1n) is 10.1. The molecule has 0 aliphatic heterocycles. The first kappa shape index (κ1) is 25.4. The number of rotatable bonds is 10. The van der Waals surface area contributed by atoms with Gasteiger partial charge in [0.2, 0.25) is 15.9 Å². The molecule has 0 spiro atoms. The number of ether oxygens (including phenoxy) is 1. The van der Waals surface area contributed by atoms with Crippen LogP contribution in [0.4, 0.5) is 5.69 Å². The standard InChI is InChI=1S/C22H27N3O5S2/c1-3-15-30-21(27)14-13-20(26)24-22(31)23-18-9-11-19(12-10-18)32(28,29)25(2)16-17-7-5-4-6-8-17/h4-12H,3,13-16H2,1-2H3,(H2,23,24,26,31). The molecular weight excluding hydrogens is 450 g/mol. The molecule has 10 heteroatoms. The van der Waals surface area contributed by atoms with Crippen LogP contribution in [0.2, 0.25) is 0 Å². The van der Waals surface area contributed by atoms with Gasteiger partial charge in [-0.15, -0.1) is 0 Å². The van der Waals surface area contributed by atoms with Crippen LogP contribution in [0.15, 0.2) is 59.5 Å². The van der Waals surface area contributed by atoms with E-state index in [0.29, 0.717) is 12.3 Å². The van der Waals surface area contributed by atoms with Gasteiger partial charge in [-0.2, -0.15) is 4.31 Å². The lowest BCUT2D eigenvalue weighted by atomic mass is 10.2. The van der Waals surface area contributed by atoms with E-state index in [9.17, 15) is 18.0 Å². The number of thiocarbonyl (C=S) groups is 1. The second-order valence-corrected chi connectivity index (χ2v) is 9.45. The number of benzene rings is 2. The number of sulfonamides is 1. The summed E-state index contributed by atoms with van der Waals surface area (Å²) >= 11 is 5.10. The Morgan fingerprint density at radius 2 is 1.69 bits per heavy atom. The minimum atomic E-state index is -3.66. The predicted molar refractivity (Wildman–Crippen MR) is 126 cm³/mol. The van der Waals surface area contributed by atoms with Gasteiger partial charge in [-0.3, -0.25) is 9.59 Å². The summed E-state index contributed by atoms with van der Waals surface area (Å²) in [7, 11) is -2.14. The molecule has 0 atom stereocenters. The Kier molecular flexibility index (Phi) is 9.76. The van der Waals surface area contributed by atoms with E-state index in [1.165, 1.54) is 23.5 Å². The molecule has 0 saturated heterocycles. The zero-order chi connectivity index (χ0) is 23.6. The van der Waals surface area contributed by atoms with Crippen molar-refractivity contribution in [2.45, 2.75) is 37.6 Å². The molecule has 0 aromatic heterocycles. The van der Waals surface area contributed by atoms with Crippen LogP contribution in [0.3, 0.4) is 0 Å². The van der Waals surface area contributed by atoms with Crippen molar-refractivity contribution < 1.29 is 22.7 Å². The fraction of sp³-hybridized carbons (Fsp3) is 0.318. The molecule has 0 aliphatic carbocycles. The van der Waals surface area contributed by atoms with Gasteiger partial charge >= 0.3 is 5.97 Å². The Bertz CT molecular complexity index is 1030. The highest BCUT2D eigenvalue weighted by molar-refractivity contribution is 7.89. The average Bonchev–Trinajstić information content (AvgIpc) is 2.77. The Morgan fingerprint density at radius 3 is 2.31 bits per heavy atom. The number of carbonyl (C=O) groups excluding carboxylic acids is 2. The molecule has 2 N–H and O–H groups in total. The van der Waals surface area contributed by atoms with E-state index in [1.807, 2.05) is 37.3 Å². The smallest absolute Gasteiger partial charge is 0.306 e. The largest absolute Gasteiger partial charge is 0.466 e. The van der Waals surface area contributed by atoms with E-state index >= 15 is 0 Å². The number of hydrogen-bond acceptors (Lipinski definition) is 6. The Labute approximate surface area is 194 Å². The summed E-state index contributed by atoms with van der Waals surface area (Å²) in [6.07, 6.45) is 0.641. The van der Waals surface area contributed by atoms with E-state index in [0.717, 1.165) is 12.0 Å². The van der Waals surface area contributed by atoms with Crippen molar-refractivity contribution >= 4 is 44.9 Å². The van der Waals surface area contributed by atoms with Crippen molar-refractivity contribution in [3.63, 3.8) is 0 Å². The van der Waals surface area contributed by atoms with Gasteiger partial charge in [0.1, 0.15) is 0 Å². The molecule has 1 amide bonds. The number of carbonyl (C=O) groups is 2. The second kappa shape index (κ2) is 12.3. The van der Waals surface area contributed by atoms with E-state index < -0.39 is 21.9 Å². The third-order valence-electron chi connectivity index (χ3n) is 4.34. The fourth-order valence-electron chi connectivity index (χ4n) is 2.67. The molecule has 172 valence electrons. The molecule has 0 fully saturated rings. The number of esters is 1. The summed E-state index contributed by atoms with van der Waals surface area (Å²) in [5.41, 5.74) is 1.40. The number of nitrogens with one attached hydrogen (secondary N) is 2. The van der Waals surface area contributed by atoms with Crippen molar-refractivity contribution in [1.29, 1.82) is 0 Å². The first-order chi connectivity index (χ1) is 15.2. The van der Waals surface area contributed by atoms with Gasteiger partial charge < -0.3 is 15.4 Å². The zero-order valence-corrected chi connectivity index (χ0v) is 19.7. The predicted octanol–water partition coefficient (Wildman–Crippen LogP) is 3.05. The van der Waals surface area contributed by atoms with Crippen LogP contribution in [-0.2, 0) is 30.9 Å². The lowest BCUT2D eigenvalue weighted by Gasteiger charge is -2.17. The molecule has 0 heterocycles. The van der Waals surface area contributed by atoms with Gasteiger partial charge in [-0.05, 0) is 48.5 Å². The van der Waals surface area contributed by atoms with E-state index in [2.05, 4.69) is 10.6 Å². The van der Waals surface area contributed by atoms with Crippen LogP contribution in [0, 0.1) is 0 Å². The number of nitrogens with zero attached hydrogens (tertiary/aromatic N) is 1. The van der Waals surface area contributed by atoms with Crippen LogP contribution in [0.1, 0.15) is 31.7 Å². The third kappa shape index (κ3) is 8.03. The maximum atomic E-state index is 12.8. The van der Waals surface area contributed by atoms with Crippen LogP contribution in [-0.4, -0.2) is 43.4 Å².